The molecule has 0 radical (unpaired) electrons. The molecule has 3 rings (SSSR count). The second-order valence-electron chi connectivity index (χ2n) is 25.8. The minimum absolute atomic E-state index is 0.120. The zero-order valence-corrected chi connectivity index (χ0v) is 49.0. The first kappa shape index (κ1) is 61.4. The lowest BCUT2D eigenvalue weighted by Gasteiger charge is -2.58. The number of hydrogen-bond donors (Lipinski definition) is 3. The van der Waals surface area contributed by atoms with E-state index in [-0.39, 0.29) is 27.6 Å². The van der Waals surface area contributed by atoms with Gasteiger partial charge >= 0.3 is 0 Å². The Morgan fingerprint density at radius 3 is 0.929 bits per heavy atom. The van der Waals surface area contributed by atoms with Crippen LogP contribution in [-0.2, 0) is 21.7 Å². The van der Waals surface area contributed by atoms with Crippen LogP contribution in [0.25, 0.3) is 0 Å². The molecule has 0 fully saturated rings. The molecule has 0 aromatic heterocycles. The molecular formula is C67H112O3. The standard InChI is InChI=1S/C67H112O3/c1-17-20-23-26-29-32-35-38-41-66(42-39-36-33-30-27-24-21-18-2,53(7)54-47-57(63(8,9)10)60(68)44-50(54)4)67(43-40-37-34-31-28-25-22-19-3,55-48-58(64(11,12)13)61(69)45-51(55)5)56-49-59(65(14,15)16)62(70)46-52(56)6/h44-49,53,68-70H,17-43H2,1-16H3. The topological polar surface area (TPSA) is 60.7 Å². The molecule has 3 aromatic carbocycles. The summed E-state index contributed by atoms with van der Waals surface area (Å²) in [5.41, 5.74) is 9.08. The average molecular weight is 966 g/mol. The van der Waals surface area contributed by atoms with Crippen molar-refractivity contribution in [1.29, 1.82) is 0 Å². The Morgan fingerprint density at radius 2 is 0.614 bits per heavy atom. The van der Waals surface area contributed by atoms with Gasteiger partial charge in [-0.15, -0.1) is 0 Å². The molecule has 0 saturated heterocycles. The molecule has 1 atom stereocenters. The van der Waals surface area contributed by atoms with E-state index in [4.69, 9.17) is 0 Å². The third-order valence-electron chi connectivity index (χ3n) is 16.9. The highest BCUT2D eigenvalue weighted by atomic mass is 16.3. The van der Waals surface area contributed by atoms with Crippen LogP contribution in [-0.4, -0.2) is 15.3 Å². The van der Waals surface area contributed by atoms with Crippen molar-refractivity contribution in [2.24, 2.45) is 5.41 Å². The van der Waals surface area contributed by atoms with E-state index in [9.17, 15) is 15.3 Å². The van der Waals surface area contributed by atoms with E-state index < -0.39 is 5.41 Å². The van der Waals surface area contributed by atoms with Crippen LogP contribution in [0.5, 0.6) is 17.2 Å². The fourth-order valence-electron chi connectivity index (χ4n) is 12.8. The van der Waals surface area contributed by atoms with Gasteiger partial charge in [-0.1, -0.05) is 262 Å². The Morgan fingerprint density at radius 1 is 0.343 bits per heavy atom. The summed E-state index contributed by atoms with van der Waals surface area (Å²) in [4.78, 5) is 0. The van der Waals surface area contributed by atoms with Gasteiger partial charge in [-0.2, -0.15) is 0 Å². The maximum Gasteiger partial charge on any atom is 0.119 e. The van der Waals surface area contributed by atoms with Gasteiger partial charge in [0.15, 0.2) is 0 Å². The van der Waals surface area contributed by atoms with Gasteiger partial charge in [-0.05, 0) is 136 Å². The van der Waals surface area contributed by atoms with Gasteiger partial charge in [-0.25, -0.2) is 0 Å². The van der Waals surface area contributed by atoms with Crippen LogP contribution in [0.3, 0.4) is 0 Å². The maximum atomic E-state index is 12.0. The van der Waals surface area contributed by atoms with Crippen molar-refractivity contribution >= 4 is 0 Å². The predicted octanol–water partition coefficient (Wildman–Crippen LogP) is 21.3. The van der Waals surface area contributed by atoms with Crippen LogP contribution in [0, 0.1) is 26.2 Å². The Bertz CT molecular complexity index is 1890. The lowest BCUT2D eigenvalue weighted by molar-refractivity contribution is 0.0668. The summed E-state index contributed by atoms with van der Waals surface area (Å²) in [7, 11) is 0. The largest absolute Gasteiger partial charge is 0.508 e. The van der Waals surface area contributed by atoms with Crippen molar-refractivity contribution in [3.63, 3.8) is 0 Å². The molecule has 0 amide bonds. The first-order valence-corrected chi connectivity index (χ1v) is 29.5. The second kappa shape index (κ2) is 28.5. The van der Waals surface area contributed by atoms with E-state index in [1.807, 2.05) is 0 Å². The van der Waals surface area contributed by atoms with Gasteiger partial charge in [-0.3, -0.25) is 0 Å². The first-order chi connectivity index (χ1) is 32.9. The van der Waals surface area contributed by atoms with Crippen molar-refractivity contribution in [2.75, 3.05) is 0 Å². The summed E-state index contributed by atoms with van der Waals surface area (Å²) in [5.74, 6) is 1.30. The van der Waals surface area contributed by atoms with Crippen LogP contribution in [0.15, 0.2) is 36.4 Å². The molecule has 0 aliphatic heterocycles. The first-order valence-electron chi connectivity index (χ1n) is 29.5. The van der Waals surface area contributed by atoms with Crippen molar-refractivity contribution < 1.29 is 15.3 Å². The number of unbranched alkanes of at least 4 members (excludes halogenated alkanes) is 21. The molecule has 0 aliphatic carbocycles. The number of rotatable bonds is 32. The van der Waals surface area contributed by atoms with Gasteiger partial charge in [0.1, 0.15) is 17.2 Å². The van der Waals surface area contributed by atoms with E-state index >= 15 is 0 Å². The van der Waals surface area contributed by atoms with Crippen molar-refractivity contribution in [1.82, 2.24) is 0 Å². The summed E-state index contributed by atoms with van der Waals surface area (Å²) in [5, 5.41) is 35.8. The number of hydrogen-bond acceptors (Lipinski definition) is 3. The van der Waals surface area contributed by atoms with Crippen LogP contribution < -0.4 is 0 Å². The van der Waals surface area contributed by atoms with Gasteiger partial charge in [0.25, 0.3) is 0 Å². The van der Waals surface area contributed by atoms with E-state index in [1.165, 1.54) is 157 Å². The van der Waals surface area contributed by atoms with Crippen molar-refractivity contribution in [3.8, 4) is 17.2 Å². The van der Waals surface area contributed by atoms with Crippen LogP contribution in [0.2, 0.25) is 0 Å². The van der Waals surface area contributed by atoms with Crippen molar-refractivity contribution in [2.45, 2.75) is 312 Å². The summed E-state index contributed by atoms with van der Waals surface area (Å²) in [6.45, 7) is 36.6. The molecule has 0 spiro atoms. The number of aryl methyl sites for hydroxylation is 3. The Balaban J connectivity index is 2.67. The molecule has 3 heteroatoms. The monoisotopic (exact) mass is 965 g/mol. The van der Waals surface area contributed by atoms with Gasteiger partial charge in [0.05, 0.1) is 0 Å². The zero-order valence-electron chi connectivity index (χ0n) is 49.0. The Hall–Kier alpha value is -2.94. The second-order valence-corrected chi connectivity index (χ2v) is 25.8. The number of benzene rings is 3. The van der Waals surface area contributed by atoms with Crippen LogP contribution in [0.4, 0.5) is 0 Å². The number of aromatic hydroxyl groups is 3. The molecule has 0 saturated carbocycles. The van der Waals surface area contributed by atoms with E-state index in [2.05, 4.69) is 147 Å². The lowest BCUT2D eigenvalue weighted by Crippen LogP contribution is -2.51. The van der Waals surface area contributed by atoms with E-state index in [0.717, 1.165) is 66.3 Å². The summed E-state index contributed by atoms with van der Waals surface area (Å²) in [6, 6.07) is 13.7. The Kier molecular flexibility index (Phi) is 25.0. The highest BCUT2D eigenvalue weighted by Gasteiger charge is 2.57. The van der Waals surface area contributed by atoms with Crippen LogP contribution >= 0.6 is 0 Å². The molecule has 3 nitrogen and oxygen atoms in total. The summed E-state index contributed by atoms with van der Waals surface area (Å²) in [6.07, 6.45) is 33.6. The smallest absolute Gasteiger partial charge is 0.119 e. The quantitative estimate of drug-likeness (QED) is 0.0547. The van der Waals surface area contributed by atoms with E-state index in [1.54, 1.807) is 0 Å². The van der Waals surface area contributed by atoms with Gasteiger partial charge in [0, 0.05) is 5.41 Å². The molecule has 0 heterocycles. The molecule has 3 aromatic rings. The molecule has 0 aliphatic rings. The minimum atomic E-state index is -0.487. The third-order valence-corrected chi connectivity index (χ3v) is 16.9. The molecule has 3 N–H and O–H groups in total. The fourth-order valence-corrected chi connectivity index (χ4v) is 12.8. The Labute approximate surface area is 434 Å². The van der Waals surface area contributed by atoms with Gasteiger partial charge in [0.2, 0.25) is 0 Å². The third kappa shape index (κ3) is 16.5. The normalized spacial score (nSPS) is 13.4. The summed E-state index contributed by atoms with van der Waals surface area (Å²) < 4.78 is 0. The molecule has 1 unspecified atom stereocenters. The van der Waals surface area contributed by atoms with E-state index in [0.29, 0.717) is 17.2 Å². The molecular weight excluding hydrogens is 853 g/mol. The molecule has 70 heavy (non-hydrogen) atoms. The average Bonchev–Trinajstić information content (AvgIpc) is 3.26. The minimum Gasteiger partial charge on any atom is -0.508 e. The highest BCUT2D eigenvalue weighted by molar-refractivity contribution is 5.59. The summed E-state index contributed by atoms with van der Waals surface area (Å²) >= 11 is 0. The maximum absolute atomic E-state index is 12.0. The van der Waals surface area contributed by atoms with Gasteiger partial charge < -0.3 is 15.3 Å². The zero-order chi connectivity index (χ0) is 52.3. The lowest BCUT2D eigenvalue weighted by atomic mass is 9.45. The fraction of sp³-hybridized carbons (Fsp3) is 0.731. The number of phenols is 3. The van der Waals surface area contributed by atoms with Crippen molar-refractivity contribution in [3.05, 3.63) is 86.5 Å². The number of phenolic OH excluding ortho intramolecular Hbond substituents is 3. The predicted molar refractivity (Wildman–Crippen MR) is 308 cm³/mol. The highest BCUT2D eigenvalue weighted by Crippen LogP contribution is 2.65. The molecule has 398 valence electrons. The van der Waals surface area contributed by atoms with Crippen LogP contribution in [0.1, 0.15) is 319 Å². The molecule has 0 bridgehead atoms. The SMILES string of the molecule is CCCCCCCCCCC(c1cc(C(C)(C)C)c(O)cc1C)(c1cc(C(C)(C)C)c(O)cc1C)C(CCCCCCCCCC)(CCCCCCCCCC)C(C)c1cc(C(C)(C)C)c(O)cc1C.